The fourth-order valence-corrected chi connectivity index (χ4v) is 1.89. The van der Waals surface area contributed by atoms with Crippen LogP contribution >= 0.6 is 0 Å². The maximum atomic E-state index is 9.77. The third-order valence-electron chi connectivity index (χ3n) is 3.02. The Bertz CT molecular complexity index is 298. The highest BCUT2D eigenvalue weighted by atomic mass is 16.3. The Morgan fingerprint density at radius 2 is 2.29 bits per heavy atom. The van der Waals surface area contributed by atoms with E-state index >= 15 is 0 Å². The van der Waals surface area contributed by atoms with Crippen molar-refractivity contribution in [1.82, 2.24) is 10.2 Å². The van der Waals surface area contributed by atoms with Crippen molar-refractivity contribution in [3.05, 3.63) is 24.2 Å². The number of nitrogens with one attached hydrogen (secondary N) is 1. The van der Waals surface area contributed by atoms with E-state index in [9.17, 15) is 4.79 Å². The topological polar surface area (TPSA) is 45.5 Å². The number of rotatable bonds is 2. The molecule has 4 heteroatoms. The minimum absolute atomic E-state index is 0.375. The number of nitrogens with zero attached hydrogens (tertiary/aromatic N) is 1. The molecular formula is C13H22N2O2. The number of carbonyl (C=O) groups is 1. The van der Waals surface area contributed by atoms with Gasteiger partial charge in [0, 0.05) is 6.04 Å². The highest BCUT2D eigenvalue weighted by Crippen LogP contribution is 2.08. The lowest BCUT2D eigenvalue weighted by Crippen LogP contribution is -2.26. The molecule has 1 aliphatic rings. The lowest BCUT2D eigenvalue weighted by molar-refractivity contribution is 0.110. The molecule has 0 spiro atoms. The molecule has 0 aliphatic carbocycles. The van der Waals surface area contributed by atoms with E-state index in [2.05, 4.69) is 28.7 Å². The second-order valence-corrected chi connectivity index (χ2v) is 4.35. The van der Waals surface area contributed by atoms with Crippen molar-refractivity contribution < 1.29 is 9.21 Å². The van der Waals surface area contributed by atoms with E-state index in [1.165, 1.54) is 38.6 Å². The number of likely N-dealkylation sites (tertiary alicyclic amines) is 1. The van der Waals surface area contributed by atoms with Crippen molar-refractivity contribution in [3.8, 4) is 0 Å². The molecule has 1 aromatic rings. The number of furan rings is 1. The Morgan fingerprint density at radius 1 is 1.47 bits per heavy atom. The maximum Gasteiger partial charge on any atom is 0.185 e. The smallest absolute Gasteiger partial charge is 0.185 e. The van der Waals surface area contributed by atoms with Gasteiger partial charge < -0.3 is 14.6 Å². The van der Waals surface area contributed by atoms with Gasteiger partial charge in [-0.05, 0) is 58.6 Å². The third kappa shape index (κ3) is 5.65. The van der Waals surface area contributed by atoms with Crippen molar-refractivity contribution in [1.29, 1.82) is 0 Å². The zero-order chi connectivity index (χ0) is 12.5. The first-order valence-corrected chi connectivity index (χ1v) is 6.10. The van der Waals surface area contributed by atoms with Crippen LogP contribution in [0.15, 0.2) is 22.8 Å². The summed E-state index contributed by atoms with van der Waals surface area (Å²) < 4.78 is 4.61. The van der Waals surface area contributed by atoms with Crippen LogP contribution in [0.3, 0.4) is 0 Å². The van der Waals surface area contributed by atoms with E-state index in [0.717, 1.165) is 6.04 Å². The molecule has 4 nitrogen and oxygen atoms in total. The van der Waals surface area contributed by atoms with Crippen LogP contribution in [0.25, 0.3) is 0 Å². The Balaban J connectivity index is 0.000000181. The highest BCUT2D eigenvalue weighted by molar-refractivity contribution is 5.69. The fraction of sp³-hybridized carbons (Fsp3) is 0.615. The number of carbonyl (C=O) groups excluding carboxylic acids is 1. The van der Waals surface area contributed by atoms with Gasteiger partial charge in [0.05, 0.1) is 6.26 Å². The largest absolute Gasteiger partial charge is 0.462 e. The highest BCUT2D eigenvalue weighted by Gasteiger charge is 2.11. The molecule has 1 unspecified atom stereocenters. The maximum absolute atomic E-state index is 9.77. The Hall–Kier alpha value is -1.13. The molecule has 1 aromatic heterocycles. The summed E-state index contributed by atoms with van der Waals surface area (Å²) in [6.45, 7) is 2.53. The summed E-state index contributed by atoms with van der Waals surface area (Å²) in [4.78, 5) is 12.2. The van der Waals surface area contributed by atoms with E-state index in [4.69, 9.17) is 0 Å². The summed E-state index contributed by atoms with van der Waals surface area (Å²) in [6.07, 6.45) is 6.14. The monoisotopic (exact) mass is 238 g/mol. The number of aldehydes is 1. The summed E-state index contributed by atoms with van der Waals surface area (Å²) in [5, 5.41) is 3.34. The van der Waals surface area contributed by atoms with Gasteiger partial charge in [-0.2, -0.15) is 0 Å². The van der Waals surface area contributed by atoms with Gasteiger partial charge in [-0.15, -0.1) is 0 Å². The molecule has 1 atom stereocenters. The van der Waals surface area contributed by atoms with Crippen LogP contribution in [0.2, 0.25) is 0 Å². The molecule has 17 heavy (non-hydrogen) atoms. The SMILES string of the molecule is CNC1CCCN(C)CC1.O=Cc1ccco1. The number of hydrogen-bond donors (Lipinski definition) is 1. The summed E-state index contributed by atoms with van der Waals surface area (Å²) in [7, 11) is 4.27. The van der Waals surface area contributed by atoms with Gasteiger partial charge in [-0.25, -0.2) is 0 Å². The Labute approximate surface area is 103 Å². The van der Waals surface area contributed by atoms with Crippen LogP contribution in [0.5, 0.6) is 0 Å². The Kier molecular flexibility index (Phi) is 6.58. The first kappa shape index (κ1) is 13.9. The molecule has 1 fully saturated rings. The lowest BCUT2D eigenvalue weighted by atomic mass is 10.1. The van der Waals surface area contributed by atoms with Crippen LogP contribution in [-0.2, 0) is 0 Å². The predicted molar refractivity (Wildman–Crippen MR) is 68.3 cm³/mol. The van der Waals surface area contributed by atoms with Crippen LogP contribution in [0.4, 0.5) is 0 Å². The zero-order valence-corrected chi connectivity index (χ0v) is 10.7. The predicted octanol–water partition coefficient (Wildman–Crippen LogP) is 1.78. The van der Waals surface area contributed by atoms with Gasteiger partial charge in [0.1, 0.15) is 0 Å². The first-order valence-electron chi connectivity index (χ1n) is 6.10. The van der Waals surface area contributed by atoms with Crippen molar-refractivity contribution in [2.75, 3.05) is 27.2 Å². The molecule has 0 amide bonds. The minimum Gasteiger partial charge on any atom is -0.462 e. The zero-order valence-electron chi connectivity index (χ0n) is 10.7. The second kappa shape index (κ2) is 8.03. The number of hydrogen-bond acceptors (Lipinski definition) is 4. The summed E-state index contributed by atoms with van der Waals surface area (Å²) in [6, 6.07) is 4.04. The second-order valence-electron chi connectivity index (χ2n) is 4.35. The lowest BCUT2D eigenvalue weighted by Gasteiger charge is -2.13. The molecular weight excluding hydrogens is 216 g/mol. The van der Waals surface area contributed by atoms with Gasteiger partial charge in [-0.1, -0.05) is 0 Å². The van der Waals surface area contributed by atoms with Gasteiger partial charge in [0.2, 0.25) is 0 Å². The van der Waals surface area contributed by atoms with Gasteiger partial charge in [-0.3, -0.25) is 4.79 Å². The molecule has 1 aliphatic heterocycles. The molecule has 2 rings (SSSR count). The fourth-order valence-electron chi connectivity index (χ4n) is 1.89. The van der Waals surface area contributed by atoms with Gasteiger partial charge >= 0.3 is 0 Å². The van der Waals surface area contributed by atoms with E-state index in [1.807, 2.05) is 0 Å². The van der Waals surface area contributed by atoms with Crippen molar-refractivity contribution in [2.45, 2.75) is 25.3 Å². The molecule has 0 radical (unpaired) electrons. The van der Waals surface area contributed by atoms with Crippen LogP contribution in [-0.4, -0.2) is 44.4 Å². The van der Waals surface area contributed by atoms with Crippen molar-refractivity contribution >= 4 is 6.29 Å². The molecule has 0 saturated carbocycles. The Morgan fingerprint density at radius 3 is 2.82 bits per heavy atom. The molecule has 96 valence electrons. The standard InChI is InChI=1S/C8H18N2.C5H4O2/c1-9-8-4-3-6-10(2)7-5-8;6-4-5-2-1-3-7-5/h8-9H,3-7H2,1-2H3;1-4H. The third-order valence-corrected chi connectivity index (χ3v) is 3.02. The van der Waals surface area contributed by atoms with Crippen LogP contribution < -0.4 is 5.32 Å². The van der Waals surface area contributed by atoms with Gasteiger partial charge in [0.15, 0.2) is 12.0 Å². The van der Waals surface area contributed by atoms with E-state index in [-0.39, 0.29) is 0 Å². The summed E-state index contributed by atoms with van der Waals surface area (Å²) in [5.41, 5.74) is 0. The molecule has 2 heterocycles. The average Bonchev–Trinajstić information content (AvgIpc) is 2.79. The van der Waals surface area contributed by atoms with Crippen LogP contribution in [0, 0.1) is 0 Å². The first-order chi connectivity index (χ1) is 8.26. The van der Waals surface area contributed by atoms with Gasteiger partial charge in [0.25, 0.3) is 0 Å². The molecule has 0 aromatic carbocycles. The quantitative estimate of drug-likeness (QED) is 0.798. The average molecular weight is 238 g/mol. The summed E-state index contributed by atoms with van der Waals surface area (Å²) in [5.74, 6) is 0.375. The minimum atomic E-state index is 0.375. The van der Waals surface area contributed by atoms with E-state index in [1.54, 1.807) is 12.1 Å². The molecule has 1 N–H and O–H groups in total. The molecule has 0 bridgehead atoms. The van der Waals surface area contributed by atoms with Crippen molar-refractivity contribution in [3.63, 3.8) is 0 Å². The van der Waals surface area contributed by atoms with E-state index < -0.39 is 0 Å². The molecule has 1 saturated heterocycles. The van der Waals surface area contributed by atoms with E-state index in [0.29, 0.717) is 12.0 Å². The van der Waals surface area contributed by atoms with Crippen LogP contribution in [0.1, 0.15) is 29.8 Å². The summed E-state index contributed by atoms with van der Waals surface area (Å²) >= 11 is 0. The normalized spacial score (nSPS) is 21.2. The van der Waals surface area contributed by atoms with Crippen molar-refractivity contribution in [2.24, 2.45) is 0 Å².